The molecular weight excluding hydrogens is 809 g/mol. The Kier molecular flexibility index (Phi) is 8.48. The Morgan fingerprint density at radius 3 is 1.18 bits per heavy atom. The normalized spacial score (nSPS) is 14.3. The van der Waals surface area contributed by atoms with Crippen molar-refractivity contribution in [3.63, 3.8) is 0 Å². The van der Waals surface area contributed by atoms with E-state index in [-0.39, 0.29) is 5.41 Å². The van der Waals surface area contributed by atoms with E-state index in [0.717, 1.165) is 0 Å². The zero-order valence-electron chi connectivity index (χ0n) is 37.2. The highest BCUT2D eigenvalue weighted by atomic mass is 15.0. The lowest BCUT2D eigenvalue weighted by molar-refractivity contribution is 0.550. The Balaban J connectivity index is 0.773. The maximum atomic E-state index is 2.50. The Labute approximate surface area is 390 Å². The van der Waals surface area contributed by atoms with Gasteiger partial charge < -0.3 is 9.13 Å². The molecule has 316 valence electrons. The van der Waals surface area contributed by atoms with Crippen molar-refractivity contribution in [1.82, 2.24) is 9.13 Å². The number of benzene rings is 10. The van der Waals surface area contributed by atoms with Gasteiger partial charge in [0, 0.05) is 38.3 Å². The first-order valence-corrected chi connectivity index (χ1v) is 23.9. The number of hydrogen-bond acceptors (Lipinski definition) is 0. The number of para-hydroxylation sites is 2. The van der Waals surface area contributed by atoms with E-state index in [1.165, 1.54) is 147 Å². The van der Waals surface area contributed by atoms with Crippen LogP contribution >= 0.6 is 0 Å². The number of fused-ring (bicyclic) bond motifs is 13. The summed E-state index contributed by atoms with van der Waals surface area (Å²) in [6.45, 7) is 0. The molecule has 0 unspecified atom stereocenters. The van der Waals surface area contributed by atoms with Gasteiger partial charge in [-0.2, -0.15) is 0 Å². The van der Waals surface area contributed by atoms with Crippen molar-refractivity contribution in [1.29, 1.82) is 0 Å². The standard InChI is InChI=1S/C65H46N2/c1-3-13-49-41-51(29-27-47(49)11-1)66-61-17-7-5-15-55(61)57-37-43(25-33-63(57)66)19-21-45-23-31-53-54-32-24-46(40-60(54)65(59(53)39-45)35-9-10-36-65)22-20-44-26-34-64-58(38-44)56-16-6-8-18-62(56)67(64)52-30-28-48-12-2-4-14-50(48)42-52/h1-8,11-34,37-42H,9-10,35-36H2. The van der Waals surface area contributed by atoms with Crippen molar-refractivity contribution in [2.75, 3.05) is 0 Å². The molecule has 0 bridgehead atoms. The van der Waals surface area contributed by atoms with Gasteiger partial charge in [-0.1, -0.05) is 183 Å². The predicted molar refractivity (Wildman–Crippen MR) is 286 cm³/mol. The van der Waals surface area contributed by atoms with Gasteiger partial charge >= 0.3 is 0 Å². The largest absolute Gasteiger partial charge is 0.309 e. The molecule has 2 heterocycles. The summed E-state index contributed by atoms with van der Waals surface area (Å²) < 4.78 is 4.83. The minimum absolute atomic E-state index is 0.0609. The van der Waals surface area contributed by atoms with Gasteiger partial charge in [-0.25, -0.2) is 0 Å². The van der Waals surface area contributed by atoms with Gasteiger partial charge in [0.05, 0.1) is 22.1 Å². The van der Waals surface area contributed by atoms with Gasteiger partial charge in [-0.15, -0.1) is 0 Å². The van der Waals surface area contributed by atoms with Crippen LogP contribution in [-0.4, -0.2) is 9.13 Å². The predicted octanol–water partition coefficient (Wildman–Crippen LogP) is 17.4. The van der Waals surface area contributed by atoms with Crippen LogP contribution in [0.4, 0.5) is 0 Å². The molecule has 2 aliphatic rings. The molecule has 1 saturated carbocycles. The molecule has 0 amide bonds. The average Bonchev–Trinajstić information content (AvgIpc) is 4.16. The van der Waals surface area contributed by atoms with Crippen LogP contribution in [0.15, 0.2) is 206 Å². The molecule has 0 saturated heterocycles. The van der Waals surface area contributed by atoms with E-state index in [0.29, 0.717) is 0 Å². The second kappa shape index (κ2) is 14.9. The van der Waals surface area contributed by atoms with Crippen LogP contribution in [-0.2, 0) is 5.41 Å². The molecule has 2 nitrogen and oxygen atoms in total. The maximum Gasteiger partial charge on any atom is 0.0541 e. The van der Waals surface area contributed by atoms with Crippen LogP contribution in [0, 0.1) is 0 Å². The van der Waals surface area contributed by atoms with E-state index in [4.69, 9.17) is 0 Å². The molecule has 2 aliphatic carbocycles. The van der Waals surface area contributed by atoms with Crippen LogP contribution in [0.3, 0.4) is 0 Å². The molecule has 1 spiro atoms. The molecule has 67 heavy (non-hydrogen) atoms. The zero-order valence-corrected chi connectivity index (χ0v) is 37.2. The molecule has 0 radical (unpaired) electrons. The average molecular weight is 855 g/mol. The highest BCUT2D eigenvalue weighted by Gasteiger charge is 2.45. The summed E-state index contributed by atoms with van der Waals surface area (Å²) in [6, 6.07) is 76.7. The number of aromatic nitrogens is 2. The first-order valence-electron chi connectivity index (χ1n) is 23.9. The third-order valence-corrected chi connectivity index (χ3v) is 15.2. The number of nitrogens with zero attached hydrogens (tertiary/aromatic N) is 2. The van der Waals surface area contributed by atoms with Crippen molar-refractivity contribution in [2.24, 2.45) is 0 Å². The minimum atomic E-state index is 0.0609. The van der Waals surface area contributed by atoms with Gasteiger partial charge in [-0.05, 0) is 140 Å². The zero-order chi connectivity index (χ0) is 44.1. The Morgan fingerprint density at radius 1 is 0.313 bits per heavy atom. The van der Waals surface area contributed by atoms with Crippen molar-refractivity contribution in [3.05, 3.63) is 240 Å². The number of hydrogen-bond donors (Lipinski definition) is 0. The molecule has 2 heteroatoms. The molecule has 0 N–H and O–H groups in total. The monoisotopic (exact) mass is 854 g/mol. The fraction of sp³-hybridized carbons (Fsp3) is 0.0769. The van der Waals surface area contributed by atoms with E-state index in [9.17, 15) is 0 Å². The van der Waals surface area contributed by atoms with Crippen LogP contribution in [0.2, 0.25) is 0 Å². The van der Waals surface area contributed by atoms with Crippen LogP contribution in [0.1, 0.15) is 59.1 Å². The van der Waals surface area contributed by atoms with Crippen LogP contribution in [0.5, 0.6) is 0 Å². The summed E-state index contributed by atoms with van der Waals surface area (Å²) in [5, 5.41) is 10.1. The van der Waals surface area contributed by atoms with E-state index < -0.39 is 0 Å². The Hall–Kier alpha value is -8.20. The molecule has 0 aliphatic heterocycles. The first kappa shape index (κ1) is 38.1. The minimum Gasteiger partial charge on any atom is -0.309 e. The lowest BCUT2D eigenvalue weighted by Gasteiger charge is -2.27. The van der Waals surface area contributed by atoms with Crippen molar-refractivity contribution < 1.29 is 0 Å². The summed E-state index contributed by atoms with van der Waals surface area (Å²) in [6.07, 6.45) is 14.2. The van der Waals surface area contributed by atoms with Crippen molar-refractivity contribution in [2.45, 2.75) is 31.1 Å². The Morgan fingerprint density at radius 2 is 0.701 bits per heavy atom. The number of rotatable bonds is 6. The maximum absolute atomic E-state index is 2.50. The topological polar surface area (TPSA) is 9.86 Å². The van der Waals surface area contributed by atoms with E-state index >= 15 is 0 Å². The van der Waals surface area contributed by atoms with Crippen LogP contribution in [0.25, 0.3) is 112 Å². The summed E-state index contributed by atoms with van der Waals surface area (Å²) in [5.41, 5.74) is 18.1. The van der Waals surface area contributed by atoms with Crippen molar-refractivity contribution >= 4 is 89.5 Å². The highest BCUT2D eigenvalue weighted by Crippen LogP contribution is 2.57. The van der Waals surface area contributed by atoms with Crippen molar-refractivity contribution in [3.8, 4) is 22.5 Å². The fourth-order valence-corrected chi connectivity index (χ4v) is 12.0. The fourth-order valence-electron chi connectivity index (χ4n) is 12.0. The summed E-state index contributed by atoms with van der Waals surface area (Å²) >= 11 is 0. The second-order valence-corrected chi connectivity index (χ2v) is 18.9. The molecule has 0 atom stereocenters. The molecule has 1 fully saturated rings. The summed E-state index contributed by atoms with van der Waals surface area (Å²) in [4.78, 5) is 0. The lowest BCUT2D eigenvalue weighted by Crippen LogP contribution is -2.20. The SMILES string of the molecule is C(=Cc1ccc2c(c1)c1ccccc1n2-c1ccc2ccccc2c1)c1ccc2c(c1)C1(CCCC1)c1cc(C=Cc3ccc4c(c3)c3ccccc3n4-c3ccc4ccccc4c3)ccc1-2. The smallest absolute Gasteiger partial charge is 0.0541 e. The van der Waals surface area contributed by atoms with Gasteiger partial charge in [-0.3, -0.25) is 0 Å². The van der Waals surface area contributed by atoms with Gasteiger partial charge in [0.2, 0.25) is 0 Å². The lowest BCUT2D eigenvalue weighted by atomic mass is 9.76. The third-order valence-electron chi connectivity index (χ3n) is 15.2. The van der Waals surface area contributed by atoms with Gasteiger partial charge in [0.1, 0.15) is 0 Å². The Bertz CT molecular complexity index is 3790. The molecule has 12 aromatic rings. The van der Waals surface area contributed by atoms with Gasteiger partial charge in [0.15, 0.2) is 0 Å². The highest BCUT2D eigenvalue weighted by molar-refractivity contribution is 6.11. The first-order chi connectivity index (χ1) is 33.1. The molecular formula is C65H46N2. The van der Waals surface area contributed by atoms with E-state index in [1.807, 2.05) is 0 Å². The summed E-state index contributed by atoms with van der Waals surface area (Å²) in [7, 11) is 0. The quantitative estimate of drug-likeness (QED) is 0.148. The molecule has 2 aromatic heterocycles. The third kappa shape index (κ3) is 6.03. The van der Waals surface area contributed by atoms with E-state index in [1.54, 1.807) is 0 Å². The van der Waals surface area contributed by atoms with E-state index in [2.05, 4.69) is 240 Å². The second-order valence-electron chi connectivity index (χ2n) is 18.9. The van der Waals surface area contributed by atoms with Crippen LogP contribution < -0.4 is 0 Å². The summed E-state index contributed by atoms with van der Waals surface area (Å²) in [5.74, 6) is 0. The molecule has 14 rings (SSSR count). The van der Waals surface area contributed by atoms with Gasteiger partial charge in [0.25, 0.3) is 0 Å². The molecule has 10 aromatic carbocycles.